The quantitative estimate of drug-likeness (QED) is 0.809. The van der Waals surface area contributed by atoms with Gasteiger partial charge in [-0.25, -0.2) is 9.97 Å². The van der Waals surface area contributed by atoms with E-state index in [4.69, 9.17) is 11.6 Å². The molecule has 1 N–H and O–H groups in total. The molecule has 0 aliphatic heterocycles. The summed E-state index contributed by atoms with van der Waals surface area (Å²) in [4.78, 5) is 21.5. The summed E-state index contributed by atoms with van der Waals surface area (Å²) in [6.07, 6.45) is 1.66. The van der Waals surface area contributed by atoms with Gasteiger partial charge in [0.05, 0.1) is 6.54 Å². The van der Waals surface area contributed by atoms with E-state index in [1.165, 1.54) is 0 Å². The molecule has 1 aromatic rings. The first-order chi connectivity index (χ1) is 8.08. The van der Waals surface area contributed by atoms with Crippen molar-refractivity contribution in [3.63, 3.8) is 0 Å². The van der Waals surface area contributed by atoms with Gasteiger partial charge in [-0.3, -0.25) is 4.79 Å². The third-order valence-electron chi connectivity index (χ3n) is 2.31. The summed E-state index contributed by atoms with van der Waals surface area (Å²) in [5, 5.41) is 2.95. The molecule has 5 nitrogen and oxygen atoms in total. The Morgan fingerprint density at radius 2 is 2.24 bits per heavy atom. The smallest absolute Gasteiger partial charge is 0.239 e. The van der Waals surface area contributed by atoms with E-state index in [1.54, 1.807) is 6.20 Å². The van der Waals surface area contributed by atoms with Gasteiger partial charge >= 0.3 is 0 Å². The van der Waals surface area contributed by atoms with E-state index >= 15 is 0 Å². The maximum Gasteiger partial charge on any atom is 0.239 e. The first kappa shape index (κ1) is 13.7. The van der Waals surface area contributed by atoms with Gasteiger partial charge in [0.15, 0.2) is 0 Å². The highest BCUT2D eigenvalue weighted by Gasteiger charge is 2.13. The van der Waals surface area contributed by atoms with E-state index in [1.807, 2.05) is 25.7 Å². The van der Waals surface area contributed by atoms with Crippen LogP contribution in [-0.2, 0) is 4.79 Å². The molecule has 17 heavy (non-hydrogen) atoms. The third kappa shape index (κ3) is 3.85. The molecule has 0 radical (unpaired) electrons. The molecule has 6 heteroatoms. The Kier molecular flexibility index (Phi) is 5.15. The number of anilines is 1. The second-order valence-electron chi connectivity index (χ2n) is 3.61. The van der Waals surface area contributed by atoms with Crippen molar-refractivity contribution in [1.29, 1.82) is 0 Å². The summed E-state index contributed by atoms with van der Waals surface area (Å²) in [5.41, 5.74) is 0.903. The van der Waals surface area contributed by atoms with Gasteiger partial charge in [-0.05, 0) is 32.4 Å². The van der Waals surface area contributed by atoms with Crippen LogP contribution >= 0.6 is 11.6 Å². The zero-order valence-electron chi connectivity index (χ0n) is 10.3. The number of nitrogens with one attached hydrogen (secondary N) is 1. The van der Waals surface area contributed by atoms with Crippen molar-refractivity contribution in [2.45, 2.75) is 20.8 Å². The van der Waals surface area contributed by atoms with E-state index in [9.17, 15) is 4.79 Å². The molecule has 0 unspecified atom stereocenters. The van der Waals surface area contributed by atoms with Gasteiger partial charge in [0.1, 0.15) is 5.82 Å². The number of hydrogen-bond acceptors (Lipinski definition) is 4. The van der Waals surface area contributed by atoms with Crippen LogP contribution in [0.4, 0.5) is 5.82 Å². The van der Waals surface area contributed by atoms with Crippen molar-refractivity contribution in [3.05, 3.63) is 17.0 Å². The molecule has 1 rings (SSSR count). The Hall–Kier alpha value is -1.36. The summed E-state index contributed by atoms with van der Waals surface area (Å²) in [6, 6.07) is 0. The van der Waals surface area contributed by atoms with E-state index in [2.05, 4.69) is 15.3 Å². The van der Waals surface area contributed by atoms with Crippen LogP contribution in [0, 0.1) is 6.92 Å². The largest absolute Gasteiger partial charge is 0.355 e. The fourth-order valence-electron chi connectivity index (χ4n) is 1.50. The van der Waals surface area contributed by atoms with Gasteiger partial charge in [-0.2, -0.15) is 0 Å². The number of carbonyl (C=O) groups is 1. The number of nitrogens with zero attached hydrogens (tertiary/aromatic N) is 3. The number of amides is 1. The monoisotopic (exact) mass is 256 g/mol. The van der Waals surface area contributed by atoms with Crippen molar-refractivity contribution in [2.24, 2.45) is 0 Å². The van der Waals surface area contributed by atoms with Crippen molar-refractivity contribution < 1.29 is 4.79 Å². The number of aromatic nitrogens is 2. The molecular formula is C11H17ClN4O. The number of rotatable bonds is 5. The standard InChI is InChI=1S/C11H17ClN4O/c1-4-13-9(17)7-16(5-2)10-8(3)6-14-11(12)15-10/h6H,4-5,7H2,1-3H3,(H,13,17). The topological polar surface area (TPSA) is 58.1 Å². The SMILES string of the molecule is CCNC(=O)CN(CC)c1nc(Cl)ncc1C. The Morgan fingerprint density at radius 1 is 1.53 bits per heavy atom. The average Bonchev–Trinajstić information content (AvgIpc) is 2.30. The molecule has 0 atom stereocenters. The lowest BCUT2D eigenvalue weighted by molar-refractivity contribution is -0.119. The zero-order chi connectivity index (χ0) is 12.8. The fraction of sp³-hybridized carbons (Fsp3) is 0.545. The molecular weight excluding hydrogens is 240 g/mol. The molecule has 0 saturated heterocycles. The normalized spacial score (nSPS) is 10.1. The molecule has 94 valence electrons. The first-order valence-electron chi connectivity index (χ1n) is 5.59. The van der Waals surface area contributed by atoms with Crippen molar-refractivity contribution in [2.75, 3.05) is 24.5 Å². The summed E-state index contributed by atoms with van der Waals surface area (Å²) in [6.45, 7) is 7.34. The molecule has 1 amide bonds. The molecule has 0 aliphatic rings. The van der Waals surface area contributed by atoms with Crippen molar-refractivity contribution >= 4 is 23.3 Å². The van der Waals surface area contributed by atoms with Crippen molar-refractivity contribution in [3.8, 4) is 0 Å². The van der Waals surface area contributed by atoms with Crippen LogP contribution < -0.4 is 10.2 Å². The summed E-state index contributed by atoms with van der Waals surface area (Å²) >= 11 is 5.77. The third-order valence-corrected chi connectivity index (χ3v) is 2.49. The number of likely N-dealkylation sites (N-methyl/N-ethyl adjacent to an activating group) is 2. The van der Waals surface area contributed by atoms with Crippen molar-refractivity contribution in [1.82, 2.24) is 15.3 Å². The number of carbonyl (C=O) groups excluding carboxylic acids is 1. The predicted octanol–water partition coefficient (Wildman–Crippen LogP) is 1.40. The Balaban J connectivity index is 2.85. The minimum absolute atomic E-state index is 0.0246. The predicted molar refractivity (Wildman–Crippen MR) is 68.3 cm³/mol. The van der Waals surface area contributed by atoms with Crippen LogP contribution in [0.3, 0.4) is 0 Å². The van der Waals surface area contributed by atoms with Crippen LogP contribution in [0.2, 0.25) is 5.28 Å². The van der Waals surface area contributed by atoms with E-state index < -0.39 is 0 Å². The first-order valence-corrected chi connectivity index (χ1v) is 5.97. The molecule has 1 aromatic heterocycles. The van der Waals surface area contributed by atoms with Crippen LogP contribution in [0.25, 0.3) is 0 Å². The van der Waals surface area contributed by atoms with E-state index in [0.29, 0.717) is 18.9 Å². The lowest BCUT2D eigenvalue weighted by Gasteiger charge is -2.22. The molecule has 0 aliphatic carbocycles. The fourth-order valence-corrected chi connectivity index (χ4v) is 1.62. The maximum absolute atomic E-state index is 11.6. The van der Waals surface area contributed by atoms with Gasteiger partial charge in [0.2, 0.25) is 11.2 Å². The summed E-state index contributed by atoms with van der Waals surface area (Å²) in [5.74, 6) is 0.683. The van der Waals surface area contributed by atoms with Gasteiger partial charge in [0, 0.05) is 24.8 Å². The summed E-state index contributed by atoms with van der Waals surface area (Å²) in [7, 11) is 0. The minimum atomic E-state index is -0.0246. The Bertz CT molecular complexity index is 397. The number of aryl methyl sites for hydroxylation is 1. The Labute approximate surface area is 106 Å². The molecule has 0 bridgehead atoms. The van der Waals surface area contributed by atoms with Crippen LogP contribution in [0.5, 0.6) is 0 Å². The lowest BCUT2D eigenvalue weighted by atomic mass is 10.3. The summed E-state index contributed by atoms with van der Waals surface area (Å²) < 4.78 is 0. The zero-order valence-corrected chi connectivity index (χ0v) is 11.1. The second kappa shape index (κ2) is 6.39. The molecule has 0 spiro atoms. The molecule has 0 saturated carbocycles. The van der Waals surface area contributed by atoms with Gasteiger partial charge in [0.25, 0.3) is 0 Å². The highest BCUT2D eigenvalue weighted by atomic mass is 35.5. The molecule has 1 heterocycles. The second-order valence-corrected chi connectivity index (χ2v) is 3.95. The van der Waals surface area contributed by atoms with Crippen LogP contribution in [0.15, 0.2) is 6.20 Å². The van der Waals surface area contributed by atoms with E-state index in [0.717, 1.165) is 5.56 Å². The molecule has 0 aromatic carbocycles. The van der Waals surface area contributed by atoms with Gasteiger partial charge in [-0.15, -0.1) is 0 Å². The highest BCUT2D eigenvalue weighted by Crippen LogP contribution is 2.17. The minimum Gasteiger partial charge on any atom is -0.355 e. The number of halogens is 1. The van der Waals surface area contributed by atoms with Gasteiger partial charge < -0.3 is 10.2 Å². The van der Waals surface area contributed by atoms with Crippen LogP contribution in [-0.4, -0.2) is 35.5 Å². The van der Waals surface area contributed by atoms with Gasteiger partial charge in [-0.1, -0.05) is 0 Å². The highest BCUT2D eigenvalue weighted by molar-refractivity contribution is 6.28. The maximum atomic E-state index is 11.6. The Morgan fingerprint density at radius 3 is 2.82 bits per heavy atom. The van der Waals surface area contributed by atoms with Crippen LogP contribution in [0.1, 0.15) is 19.4 Å². The molecule has 0 fully saturated rings. The van der Waals surface area contributed by atoms with E-state index in [-0.39, 0.29) is 17.7 Å². The lowest BCUT2D eigenvalue weighted by Crippen LogP contribution is -2.37. The average molecular weight is 257 g/mol. The number of hydrogen-bond donors (Lipinski definition) is 1.